The fourth-order valence-corrected chi connectivity index (χ4v) is 2.13. The highest BCUT2D eigenvalue weighted by atomic mass is 79.9. The molecule has 0 radical (unpaired) electrons. The average molecular weight is 302 g/mol. The van der Waals surface area contributed by atoms with Gasteiger partial charge in [-0.05, 0) is 22.0 Å². The van der Waals surface area contributed by atoms with Crippen molar-refractivity contribution in [1.29, 1.82) is 0 Å². The molecule has 0 aliphatic carbocycles. The predicted octanol–water partition coefficient (Wildman–Crippen LogP) is 2.27. The number of nitrogens with zero attached hydrogens (tertiary/aromatic N) is 1. The van der Waals surface area contributed by atoms with Crippen molar-refractivity contribution in [3.8, 4) is 22.6 Å². The Labute approximate surface area is 105 Å². The van der Waals surface area contributed by atoms with Crippen LogP contribution in [0.4, 0.5) is 10.2 Å². The molecule has 1 aromatic carbocycles. The van der Waals surface area contributed by atoms with E-state index in [0.29, 0.717) is 10.0 Å². The van der Waals surface area contributed by atoms with Crippen molar-refractivity contribution in [2.45, 2.75) is 0 Å². The molecule has 0 saturated carbocycles. The standard InChI is InChI=1S/C10H9BrFN3O2/c1-17-9-6(16)2-5(11)7(8(9)12)4-3-14-15-10(4)13/h2-3,16H,1H3,(H3,13,14,15). The number of aromatic amines is 1. The summed E-state index contributed by atoms with van der Waals surface area (Å²) in [5, 5.41) is 15.7. The summed E-state index contributed by atoms with van der Waals surface area (Å²) in [5.41, 5.74) is 6.21. The van der Waals surface area contributed by atoms with Gasteiger partial charge in [0.25, 0.3) is 0 Å². The normalized spacial score (nSPS) is 10.5. The number of phenols is 1. The Hall–Kier alpha value is -1.76. The maximum atomic E-state index is 14.1. The SMILES string of the molecule is COc1c(O)cc(Br)c(-c2cn[nH]c2N)c1F. The van der Waals surface area contributed by atoms with Gasteiger partial charge in [-0.15, -0.1) is 0 Å². The molecule has 0 fully saturated rings. The molecule has 17 heavy (non-hydrogen) atoms. The lowest BCUT2D eigenvalue weighted by molar-refractivity contribution is 0.351. The number of ether oxygens (including phenoxy) is 1. The quantitative estimate of drug-likeness (QED) is 0.794. The van der Waals surface area contributed by atoms with Crippen LogP contribution in [0.25, 0.3) is 11.1 Å². The van der Waals surface area contributed by atoms with Gasteiger partial charge in [0.1, 0.15) is 5.82 Å². The van der Waals surface area contributed by atoms with Crippen LogP contribution in [0, 0.1) is 5.82 Å². The zero-order valence-electron chi connectivity index (χ0n) is 8.79. The smallest absolute Gasteiger partial charge is 0.197 e. The summed E-state index contributed by atoms with van der Waals surface area (Å²) in [6.07, 6.45) is 1.40. The Morgan fingerprint density at radius 3 is 2.82 bits per heavy atom. The van der Waals surface area contributed by atoms with Crippen molar-refractivity contribution < 1.29 is 14.2 Å². The molecule has 1 aromatic heterocycles. The van der Waals surface area contributed by atoms with E-state index < -0.39 is 5.82 Å². The number of phenolic OH excluding ortho intramolecular Hbond substituents is 1. The number of H-pyrrole nitrogens is 1. The lowest BCUT2D eigenvalue weighted by Gasteiger charge is -2.10. The second kappa shape index (κ2) is 4.25. The number of nitrogens with two attached hydrogens (primary N) is 1. The first kappa shape index (κ1) is 11.7. The van der Waals surface area contributed by atoms with Gasteiger partial charge in [0.15, 0.2) is 17.3 Å². The largest absolute Gasteiger partial charge is 0.504 e. The average Bonchev–Trinajstić information content (AvgIpc) is 2.65. The number of aromatic hydroxyl groups is 1. The van der Waals surface area contributed by atoms with Gasteiger partial charge < -0.3 is 15.6 Å². The Morgan fingerprint density at radius 1 is 1.59 bits per heavy atom. The van der Waals surface area contributed by atoms with Crippen molar-refractivity contribution in [3.05, 3.63) is 22.6 Å². The van der Waals surface area contributed by atoms with Crippen LogP contribution < -0.4 is 10.5 Å². The van der Waals surface area contributed by atoms with E-state index in [-0.39, 0.29) is 22.9 Å². The predicted molar refractivity (Wildman–Crippen MR) is 64.3 cm³/mol. The van der Waals surface area contributed by atoms with Crippen molar-refractivity contribution >= 4 is 21.7 Å². The number of benzene rings is 1. The summed E-state index contributed by atoms with van der Waals surface area (Å²) in [6.45, 7) is 0. The minimum absolute atomic E-state index is 0.186. The lowest BCUT2D eigenvalue weighted by Crippen LogP contribution is -1.95. The van der Waals surface area contributed by atoms with Crippen LogP contribution in [0.15, 0.2) is 16.7 Å². The van der Waals surface area contributed by atoms with E-state index in [1.807, 2.05) is 0 Å². The van der Waals surface area contributed by atoms with Gasteiger partial charge >= 0.3 is 0 Å². The first-order valence-corrected chi connectivity index (χ1v) is 5.39. The molecule has 0 unspecified atom stereocenters. The first-order chi connectivity index (χ1) is 8.06. The van der Waals surface area contributed by atoms with Crippen LogP contribution >= 0.6 is 15.9 Å². The molecule has 0 spiro atoms. The molecule has 2 rings (SSSR count). The third-order valence-corrected chi connectivity index (χ3v) is 2.92. The monoisotopic (exact) mass is 301 g/mol. The van der Waals surface area contributed by atoms with Gasteiger partial charge in [-0.2, -0.15) is 5.10 Å². The number of hydrogen-bond donors (Lipinski definition) is 3. The number of nitrogens with one attached hydrogen (secondary N) is 1. The molecule has 0 bridgehead atoms. The molecule has 0 saturated heterocycles. The van der Waals surface area contributed by atoms with Gasteiger partial charge in [0.2, 0.25) is 0 Å². The van der Waals surface area contributed by atoms with Crippen molar-refractivity contribution in [1.82, 2.24) is 10.2 Å². The van der Waals surface area contributed by atoms with E-state index in [1.165, 1.54) is 19.4 Å². The Bertz CT molecular complexity index is 571. The van der Waals surface area contributed by atoms with E-state index in [1.54, 1.807) is 0 Å². The summed E-state index contributed by atoms with van der Waals surface area (Å²) in [6, 6.07) is 1.34. The molecule has 2 aromatic rings. The van der Waals surface area contributed by atoms with E-state index in [4.69, 9.17) is 10.5 Å². The molecule has 4 N–H and O–H groups in total. The topological polar surface area (TPSA) is 84.2 Å². The van der Waals surface area contributed by atoms with Crippen molar-refractivity contribution in [3.63, 3.8) is 0 Å². The molecule has 0 aliphatic heterocycles. The molecule has 1 heterocycles. The zero-order chi connectivity index (χ0) is 12.6. The third-order valence-electron chi connectivity index (χ3n) is 2.30. The lowest BCUT2D eigenvalue weighted by atomic mass is 10.1. The molecule has 5 nitrogen and oxygen atoms in total. The summed E-state index contributed by atoms with van der Waals surface area (Å²) >= 11 is 3.16. The van der Waals surface area contributed by atoms with Crippen LogP contribution in [0.5, 0.6) is 11.5 Å². The Kier molecular flexibility index (Phi) is 2.93. The second-order valence-electron chi connectivity index (χ2n) is 3.30. The van der Waals surface area contributed by atoms with E-state index in [9.17, 15) is 9.50 Å². The van der Waals surface area contributed by atoms with Gasteiger partial charge in [0, 0.05) is 15.6 Å². The Morgan fingerprint density at radius 2 is 2.29 bits per heavy atom. The maximum Gasteiger partial charge on any atom is 0.197 e. The first-order valence-electron chi connectivity index (χ1n) is 4.60. The molecule has 7 heteroatoms. The number of hydrogen-bond acceptors (Lipinski definition) is 4. The Balaban J connectivity index is 2.74. The molecular formula is C10H9BrFN3O2. The van der Waals surface area contributed by atoms with Gasteiger partial charge in [-0.25, -0.2) is 4.39 Å². The summed E-state index contributed by atoms with van der Waals surface area (Å²) in [4.78, 5) is 0. The van der Waals surface area contributed by atoms with E-state index in [2.05, 4.69) is 26.1 Å². The number of halogens is 2. The minimum Gasteiger partial charge on any atom is -0.504 e. The summed E-state index contributed by atoms with van der Waals surface area (Å²) < 4.78 is 19.3. The summed E-state index contributed by atoms with van der Waals surface area (Å²) in [5.74, 6) is -0.990. The minimum atomic E-state index is -0.701. The highest BCUT2D eigenvalue weighted by molar-refractivity contribution is 9.10. The molecule has 0 aliphatic rings. The molecular weight excluding hydrogens is 293 g/mol. The van der Waals surface area contributed by atoms with Crippen LogP contribution in [0.1, 0.15) is 0 Å². The van der Waals surface area contributed by atoms with Crippen LogP contribution in [-0.4, -0.2) is 22.4 Å². The number of methoxy groups -OCH3 is 1. The highest BCUT2D eigenvalue weighted by Crippen LogP contribution is 2.42. The maximum absolute atomic E-state index is 14.1. The van der Waals surface area contributed by atoms with Crippen LogP contribution in [0.3, 0.4) is 0 Å². The number of rotatable bonds is 2. The highest BCUT2D eigenvalue weighted by Gasteiger charge is 2.21. The molecule has 0 atom stereocenters. The molecule has 90 valence electrons. The zero-order valence-corrected chi connectivity index (χ0v) is 10.4. The number of nitrogen functional groups attached to an aromatic ring is 1. The van der Waals surface area contributed by atoms with Gasteiger partial charge in [-0.1, -0.05) is 0 Å². The number of aromatic nitrogens is 2. The van der Waals surface area contributed by atoms with Crippen molar-refractivity contribution in [2.24, 2.45) is 0 Å². The fourth-order valence-electron chi connectivity index (χ4n) is 1.52. The van der Waals surface area contributed by atoms with Gasteiger partial charge in [0.05, 0.1) is 13.3 Å². The van der Waals surface area contributed by atoms with E-state index in [0.717, 1.165) is 0 Å². The summed E-state index contributed by atoms with van der Waals surface area (Å²) in [7, 11) is 1.27. The van der Waals surface area contributed by atoms with Gasteiger partial charge in [-0.3, -0.25) is 5.10 Å². The third kappa shape index (κ3) is 1.82. The fraction of sp³-hybridized carbons (Fsp3) is 0.100. The van der Waals surface area contributed by atoms with Crippen molar-refractivity contribution in [2.75, 3.05) is 12.8 Å². The van der Waals surface area contributed by atoms with Crippen LogP contribution in [-0.2, 0) is 0 Å². The van der Waals surface area contributed by atoms with E-state index >= 15 is 0 Å². The molecule has 0 amide bonds. The van der Waals surface area contributed by atoms with Crippen LogP contribution in [0.2, 0.25) is 0 Å². The second-order valence-corrected chi connectivity index (χ2v) is 4.15. The number of anilines is 1.